The van der Waals surface area contributed by atoms with Gasteiger partial charge in [-0.1, -0.05) is 17.7 Å². The lowest BCUT2D eigenvalue weighted by atomic mass is 9.95. The maximum atomic E-state index is 12.7. The minimum Gasteiger partial charge on any atom is -0.352 e. The van der Waals surface area contributed by atoms with Gasteiger partial charge in [0.2, 0.25) is 11.8 Å². The minimum atomic E-state index is -0.0554. The fraction of sp³-hybridized carbons (Fsp3) is 0.333. The second-order valence-electron chi connectivity index (χ2n) is 7.16. The molecule has 6 nitrogen and oxygen atoms in total. The Labute approximate surface area is 187 Å². The summed E-state index contributed by atoms with van der Waals surface area (Å²) in [6, 6.07) is 7.59. The average Bonchev–Trinajstić information content (AvgIpc) is 3.41. The van der Waals surface area contributed by atoms with Gasteiger partial charge in [0.15, 0.2) is 0 Å². The van der Waals surface area contributed by atoms with Gasteiger partial charge < -0.3 is 10.2 Å². The number of nitrogens with zero attached hydrogens (tertiary/aromatic N) is 3. The van der Waals surface area contributed by atoms with Crippen molar-refractivity contribution in [1.29, 1.82) is 0 Å². The normalized spacial score (nSPS) is 14.6. The molecule has 9 heteroatoms. The van der Waals surface area contributed by atoms with Crippen LogP contribution < -0.4 is 5.32 Å². The molecule has 1 aliphatic rings. The second kappa shape index (κ2) is 9.68. The van der Waals surface area contributed by atoms with E-state index in [2.05, 4.69) is 15.3 Å². The number of carbonyl (C=O) groups is 2. The zero-order valence-electron chi connectivity index (χ0n) is 16.2. The molecule has 3 aromatic heterocycles. The molecular formula is C21H21ClN4O2S2. The van der Waals surface area contributed by atoms with Crippen LogP contribution in [0.25, 0.3) is 9.88 Å². The van der Waals surface area contributed by atoms with Crippen LogP contribution in [0.4, 0.5) is 0 Å². The van der Waals surface area contributed by atoms with Gasteiger partial charge in [-0.3, -0.25) is 14.6 Å². The minimum absolute atomic E-state index is 0.0460. The number of thiazole rings is 1. The van der Waals surface area contributed by atoms with Gasteiger partial charge in [0.05, 0.1) is 21.3 Å². The molecule has 1 fully saturated rings. The van der Waals surface area contributed by atoms with E-state index in [-0.39, 0.29) is 24.2 Å². The summed E-state index contributed by atoms with van der Waals surface area (Å²) >= 11 is 9.00. The molecule has 156 valence electrons. The van der Waals surface area contributed by atoms with E-state index in [1.54, 1.807) is 12.4 Å². The maximum absolute atomic E-state index is 12.7. The summed E-state index contributed by atoms with van der Waals surface area (Å²) in [4.78, 5) is 36.6. The number of halogens is 1. The fourth-order valence-electron chi connectivity index (χ4n) is 3.42. The van der Waals surface area contributed by atoms with Crippen LogP contribution in [0.1, 0.15) is 24.1 Å². The second-order valence-corrected chi connectivity index (χ2v) is 9.73. The molecule has 0 radical (unpaired) electrons. The van der Waals surface area contributed by atoms with Crippen molar-refractivity contribution in [3.63, 3.8) is 0 Å². The van der Waals surface area contributed by atoms with Crippen molar-refractivity contribution < 1.29 is 9.59 Å². The number of aromatic nitrogens is 2. The largest absolute Gasteiger partial charge is 0.352 e. The highest BCUT2D eigenvalue weighted by Gasteiger charge is 2.27. The highest BCUT2D eigenvalue weighted by atomic mass is 35.5. The molecule has 4 heterocycles. The van der Waals surface area contributed by atoms with Crippen LogP contribution in [0.2, 0.25) is 4.34 Å². The number of thiophene rings is 1. The number of amides is 2. The number of hydrogen-bond acceptors (Lipinski definition) is 6. The summed E-state index contributed by atoms with van der Waals surface area (Å²) in [5.41, 5.74) is 1.76. The lowest BCUT2D eigenvalue weighted by Crippen LogP contribution is -2.43. The van der Waals surface area contributed by atoms with E-state index < -0.39 is 0 Å². The van der Waals surface area contributed by atoms with Crippen molar-refractivity contribution in [2.45, 2.75) is 25.8 Å². The highest BCUT2D eigenvalue weighted by Crippen LogP contribution is 2.33. The Morgan fingerprint density at radius 3 is 2.77 bits per heavy atom. The Hall–Kier alpha value is -2.29. The van der Waals surface area contributed by atoms with E-state index >= 15 is 0 Å². The Balaban J connectivity index is 1.24. The summed E-state index contributed by atoms with van der Waals surface area (Å²) in [5, 5.41) is 5.79. The van der Waals surface area contributed by atoms with Crippen LogP contribution in [-0.4, -0.2) is 39.8 Å². The molecule has 0 bridgehead atoms. The van der Waals surface area contributed by atoms with Crippen LogP contribution in [0.5, 0.6) is 0 Å². The molecule has 30 heavy (non-hydrogen) atoms. The number of hydrogen-bond donors (Lipinski definition) is 1. The van der Waals surface area contributed by atoms with E-state index in [1.165, 1.54) is 22.7 Å². The number of piperidine rings is 1. The van der Waals surface area contributed by atoms with E-state index in [0.717, 1.165) is 25.5 Å². The molecule has 0 atom stereocenters. The third-order valence-electron chi connectivity index (χ3n) is 5.08. The highest BCUT2D eigenvalue weighted by molar-refractivity contribution is 7.23. The Morgan fingerprint density at radius 1 is 1.23 bits per heavy atom. The maximum Gasteiger partial charge on any atom is 0.228 e. The first-order valence-electron chi connectivity index (χ1n) is 9.73. The first-order valence-corrected chi connectivity index (χ1v) is 11.8. The molecule has 0 unspecified atom stereocenters. The molecule has 3 aromatic rings. The van der Waals surface area contributed by atoms with E-state index in [0.29, 0.717) is 32.5 Å². The van der Waals surface area contributed by atoms with Gasteiger partial charge in [0.25, 0.3) is 0 Å². The van der Waals surface area contributed by atoms with Gasteiger partial charge >= 0.3 is 0 Å². The average molecular weight is 461 g/mol. The third kappa shape index (κ3) is 5.24. The van der Waals surface area contributed by atoms with Crippen LogP contribution in [0, 0.1) is 5.92 Å². The quantitative estimate of drug-likeness (QED) is 0.602. The fourth-order valence-corrected chi connectivity index (χ4v) is 5.36. The molecule has 4 rings (SSSR count). The molecule has 0 saturated carbocycles. The number of likely N-dealkylation sites (tertiary alicyclic amines) is 1. The Bertz CT molecular complexity index is 1010. The molecule has 1 aliphatic heterocycles. The zero-order chi connectivity index (χ0) is 20.9. The zero-order valence-corrected chi connectivity index (χ0v) is 18.6. The first-order chi connectivity index (χ1) is 14.6. The predicted molar refractivity (Wildman–Crippen MR) is 120 cm³/mol. The molecule has 0 aromatic carbocycles. The summed E-state index contributed by atoms with van der Waals surface area (Å²) in [5.74, 6) is 0.0511. The standard InChI is InChI=1S/C21H21ClN4O2S2/c22-18-4-3-17(30-18)21-25-16(13-29-21)10-19(27)26-8-5-15(6-9-26)20(28)24-12-14-2-1-7-23-11-14/h1-4,7,11,13,15H,5-6,8-10,12H2,(H,24,28). The van der Waals surface area contributed by atoms with E-state index in [1.807, 2.05) is 34.5 Å². The summed E-state index contributed by atoms with van der Waals surface area (Å²) in [6.07, 6.45) is 5.11. The van der Waals surface area contributed by atoms with E-state index in [4.69, 9.17) is 11.6 Å². The SMILES string of the molecule is O=C(NCc1cccnc1)C1CCN(C(=O)Cc2csc(-c3ccc(Cl)s3)n2)CC1. The monoisotopic (exact) mass is 460 g/mol. The molecular weight excluding hydrogens is 440 g/mol. The summed E-state index contributed by atoms with van der Waals surface area (Å²) < 4.78 is 0.727. The molecule has 0 aliphatic carbocycles. The van der Waals surface area contributed by atoms with Crippen LogP contribution >= 0.6 is 34.3 Å². The predicted octanol–water partition coefficient (Wildman–Crippen LogP) is 4.02. The van der Waals surface area contributed by atoms with Gasteiger partial charge in [-0.05, 0) is 36.6 Å². The molecule has 2 amide bonds. The van der Waals surface area contributed by atoms with Crippen molar-refractivity contribution in [1.82, 2.24) is 20.2 Å². The van der Waals surface area contributed by atoms with Crippen LogP contribution in [0.15, 0.2) is 42.0 Å². The van der Waals surface area contributed by atoms with Crippen molar-refractivity contribution in [3.8, 4) is 9.88 Å². The van der Waals surface area contributed by atoms with Gasteiger partial charge in [-0.2, -0.15) is 0 Å². The van der Waals surface area contributed by atoms with Crippen LogP contribution in [0.3, 0.4) is 0 Å². The number of carbonyl (C=O) groups excluding carboxylic acids is 2. The van der Waals surface area contributed by atoms with Gasteiger partial charge in [-0.25, -0.2) is 4.98 Å². The topological polar surface area (TPSA) is 75.2 Å². The number of pyridine rings is 1. The van der Waals surface area contributed by atoms with Crippen molar-refractivity contribution >= 4 is 46.1 Å². The Kier molecular flexibility index (Phi) is 6.76. The Morgan fingerprint density at radius 2 is 2.07 bits per heavy atom. The van der Waals surface area contributed by atoms with Gasteiger partial charge in [0.1, 0.15) is 5.01 Å². The van der Waals surface area contributed by atoms with Crippen molar-refractivity contribution in [3.05, 3.63) is 57.6 Å². The molecule has 1 N–H and O–H groups in total. The number of nitrogens with one attached hydrogen (secondary N) is 1. The van der Waals surface area contributed by atoms with Crippen molar-refractivity contribution in [2.24, 2.45) is 5.92 Å². The van der Waals surface area contributed by atoms with Crippen LogP contribution in [-0.2, 0) is 22.6 Å². The lowest BCUT2D eigenvalue weighted by molar-refractivity contribution is -0.135. The first kappa shape index (κ1) is 21.0. The van der Waals surface area contributed by atoms with Crippen molar-refractivity contribution in [2.75, 3.05) is 13.1 Å². The number of rotatable bonds is 6. The smallest absolute Gasteiger partial charge is 0.228 e. The summed E-state index contributed by atoms with van der Waals surface area (Å²) in [6.45, 7) is 1.68. The van der Waals surface area contributed by atoms with Gasteiger partial charge in [0, 0.05) is 43.3 Å². The van der Waals surface area contributed by atoms with E-state index in [9.17, 15) is 9.59 Å². The molecule has 1 saturated heterocycles. The lowest BCUT2D eigenvalue weighted by Gasteiger charge is -2.31. The summed E-state index contributed by atoms with van der Waals surface area (Å²) in [7, 11) is 0. The van der Waals surface area contributed by atoms with Gasteiger partial charge in [-0.15, -0.1) is 22.7 Å². The third-order valence-corrected chi connectivity index (χ3v) is 7.37. The molecule has 0 spiro atoms.